The molecule has 0 unspecified atom stereocenters. The molecular weight excluding hydrogens is 320 g/mol. The summed E-state index contributed by atoms with van der Waals surface area (Å²) >= 11 is 0. The van der Waals surface area contributed by atoms with Crippen LogP contribution >= 0.6 is 0 Å². The number of carbonyl (C=O) groups is 2. The van der Waals surface area contributed by atoms with Crippen molar-refractivity contribution in [2.45, 2.75) is 20.3 Å². The molecule has 2 rings (SSSR count). The Bertz CT molecular complexity index is 657. The quantitative estimate of drug-likeness (QED) is 0.495. The van der Waals surface area contributed by atoms with Gasteiger partial charge in [-0.2, -0.15) is 0 Å². The second-order valence-electron chi connectivity index (χ2n) is 5.43. The summed E-state index contributed by atoms with van der Waals surface area (Å²) in [5, 5.41) is 13.6. The molecule has 1 aliphatic rings. The molecule has 0 atom stereocenters. The molecule has 0 aromatic heterocycles. The zero-order valence-corrected chi connectivity index (χ0v) is 13.4. The molecule has 0 bridgehead atoms. The fraction of sp³-hybridized carbons (Fsp3) is 0.467. The van der Waals surface area contributed by atoms with Gasteiger partial charge in [-0.3, -0.25) is 19.7 Å². The lowest BCUT2D eigenvalue weighted by Crippen LogP contribution is -2.23. The number of hydrogen-bond acceptors (Lipinski definition) is 7. The van der Waals surface area contributed by atoms with Crippen LogP contribution in [0.25, 0.3) is 0 Å². The first-order valence-corrected chi connectivity index (χ1v) is 7.43. The van der Waals surface area contributed by atoms with Crippen LogP contribution < -0.4 is 14.8 Å². The van der Waals surface area contributed by atoms with Crippen LogP contribution in [-0.4, -0.2) is 36.6 Å². The van der Waals surface area contributed by atoms with Crippen molar-refractivity contribution in [3.05, 3.63) is 22.2 Å². The van der Waals surface area contributed by atoms with Gasteiger partial charge in [0.2, 0.25) is 0 Å². The molecule has 1 aliphatic heterocycles. The number of nitrogens with one attached hydrogen (secondary N) is 1. The molecule has 24 heavy (non-hydrogen) atoms. The smallest absolute Gasteiger partial charge is 0.308 e. The maximum Gasteiger partial charge on any atom is 0.308 e. The molecule has 1 N–H and O–H groups in total. The summed E-state index contributed by atoms with van der Waals surface area (Å²) in [5.74, 6) is -1.01. The first kappa shape index (κ1) is 17.5. The summed E-state index contributed by atoms with van der Waals surface area (Å²) in [7, 11) is 0. The van der Waals surface area contributed by atoms with Gasteiger partial charge in [-0.1, -0.05) is 13.8 Å². The van der Waals surface area contributed by atoms with Gasteiger partial charge in [0.15, 0.2) is 18.1 Å². The highest BCUT2D eigenvalue weighted by Crippen LogP contribution is 2.39. The zero-order chi connectivity index (χ0) is 17.7. The lowest BCUT2D eigenvalue weighted by molar-refractivity contribution is -0.384. The summed E-state index contributed by atoms with van der Waals surface area (Å²) in [4.78, 5) is 33.8. The number of ether oxygens (including phenoxy) is 3. The van der Waals surface area contributed by atoms with Gasteiger partial charge in [-0.25, -0.2) is 0 Å². The van der Waals surface area contributed by atoms with E-state index in [1.54, 1.807) is 13.8 Å². The number of anilines is 1. The fourth-order valence-corrected chi connectivity index (χ4v) is 1.94. The molecule has 1 heterocycles. The Morgan fingerprint density at radius 2 is 1.92 bits per heavy atom. The first-order valence-electron chi connectivity index (χ1n) is 7.43. The van der Waals surface area contributed by atoms with Crippen LogP contribution in [0.1, 0.15) is 20.3 Å². The number of hydrogen-bond donors (Lipinski definition) is 1. The third kappa shape index (κ3) is 4.34. The van der Waals surface area contributed by atoms with Crippen LogP contribution in [0.2, 0.25) is 0 Å². The van der Waals surface area contributed by atoms with E-state index in [0.717, 1.165) is 0 Å². The Kier molecular flexibility index (Phi) is 5.56. The van der Waals surface area contributed by atoms with Crippen LogP contribution in [0.4, 0.5) is 11.4 Å². The van der Waals surface area contributed by atoms with Crippen LogP contribution in [0.5, 0.6) is 11.5 Å². The fourth-order valence-electron chi connectivity index (χ4n) is 1.94. The summed E-state index contributed by atoms with van der Waals surface area (Å²) < 4.78 is 15.6. The molecule has 9 nitrogen and oxygen atoms in total. The van der Waals surface area contributed by atoms with E-state index in [0.29, 0.717) is 25.4 Å². The van der Waals surface area contributed by atoms with E-state index < -0.39 is 23.4 Å². The number of rotatable bonds is 5. The molecule has 0 fully saturated rings. The average Bonchev–Trinajstić information content (AvgIpc) is 2.76. The van der Waals surface area contributed by atoms with Crippen molar-refractivity contribution < 1.29 is 28.7 Å². The summed E-state index contributed by atoms with van der Waals surface area (Å²) in [6.45, 7) is 3.54. The average molecular weight is 338 g/mol. The molecule has 1 amide bonds. The van der Waals surface area contributed by atoms with Crippen molar-refractivity contribution >= 4 is 23.3 Å². The number of carbonyl (C=O) groups excluding carboxylic acids is 2. The number of esters is 1. The molecule has 0 radical (unpaired) electrons. The highest BCUT2D eigenvalue weighted by Gasteiger charge is 2.23. The van der Waals surface area contributed by atoms with Gasteiger partial charge in [0.05, 0.1) is 30.1 Å². The largest absolute Gasteiger partial charge is 0.489 e. The Hall–Kier alpha value is -2.84. The van der Waals surface area contributed by atoms with Gasteiger partial charge in [-0.15, -0.1) is 0 Å². The number of benzene rings is 1. The van der Waals surface area contributed by atoms with E-state index in [4.69, 9.17) is 14.2 Å². The monoisotopic (exact) mass is 338 g/mol. The minimum atomic E-state index is -0.679. The van der Waals surface area contributed by atoms with Crippen molar-refractivity contribution in [2.75, 3.05) is 25.1 Å². The number of fused-ring (bicyclic) bond motifs is 1. The van der Waals surface area contributed by atoms with E-state index >= 15 is 0 Å². The Morgan fingerprint density at radius 1 is 1.29 bits per heavy atom. The molecular formula is C15H18N2O7. The molecule has 130 valence electrons. The van der Waals surface area contributed by atoms with Gasteiger partial charge >= 0.3 is 5.97 Å². The minimum absolute atomic E-state index is 0.0464. The molecule has 9 heteroatoms. The highest BCUT2D eigenvalue weighted by atomic mass is 16.6. The number of nitro groups is 1. The summed E-state index contributed by atoms with van der Waals surface area (Å²) in [6.07, 6.45) is 0.648. The third-order valence-corrected chi connectivity index (χ3v) is 3.15. The van der Waals surface area contributed by atoms with Crippen molar-refractivity contribution in [3.63, 3.8) is 0 Å². The molecule has 0 saturated heterocycles. The first-order chi connectivity index (χ1) is 11.4. The van der Waals surface area contributed by atoms with Crippen molar-refractivity contribution in [2.24, 2.45) is 5.92 Å². The van der Waals surface area contributed by atoms with E-state index in [1.165, 1.54) is 12.1 Å². The Labute approximate surface area is 138 Å². The highest BCUT2D eigenvalue weighted by molar-refractivity contribution is 5.95. The summed E-state index contributed by atoms with van der Waals surface area (Å²) in [6, 6.07) is 2.54. The third-order valence-electron chi connectivity index (χ3n) is 3.15. The lowest BCUT2D eigenvalue weighted by atomic mass is 10.2. The second kappa shape index (κ2) is 7.62. The molecule has 0 aliphatic carbocycles. The second-order valence-corrected chi connectivity index (χ2v) is 5.43. The Morgan fingerprint density at radius 3 is 2.50 bits per heavy atom. The normalized spacial score (nSPS) is 13.1. The van der Waals surface area contributed by atoms with Gasteiger partial charge in [0, 0.05) is 12.5 Å². The maximum atomic E-state index is 11.9. The topological polar surface area (TPSA) is 117 Å². The van der Waals surface area contributed by atoms with Crippen molar-refractivity contribution in [3.8, 4) is 11.5 Å². The number of nitrogens with zero attached hydrogens (tertiary/aromatic N) is 1. The van der Waals surface area contributed by atoms with Crippen molar-refractivity contribution in [1.29, 1.82) is 0 Å². The SMILES string of the molecule is CC(C)C(=O)OCC(=O)Nc1cc2c(cc1[N+](=O)[O-])OCCCO2. The van der Waals surface area contributed by atoms with Gasteiger partial charge in [-0.05, 0) is 0 Å². The van der Waals surface area contributed by atoms with Crippen molar-refractivity contribution in [1.82, 2.24) is 0 Å². The van der Waals surface area contributed by atoms with E-state index in [1.807, 2.05) is 0 Å². The minimum Gasteiger partial charge on any atom is -0.489 e. The van der Waals surface area contributed by atoms with Gasteiger partial charge < -0.3 is 19.5 Å². The molecule has 0 saturated carbocycles. The zero-order valence-electron chi connectivity index (χ0n) is 13.4. The van der Waals surface area contributed by atoms with Crippen LogP contribution in [0.3, 0.4) is 0 Å². The van der Waals surface area contributed by atoms with Crippen LogP contribution in [0.15, 0.2) is 12.1 Å². The van der Waals surface area contributed by atoms with E-state index in [9.17, 15) is 19.7 Å². The van der Waals surface area contributed by atoms with E-state index in [-0.39, 0.29) is 23.0 Å². The molecule has 1 aromatic rings. The Balaban J connectivity index is 2.16. The predicted molar refractivity (Wildman–Crippen MR) is 83.1 cm³/mol. The standard InChI is InChI=1S/C15H18N2O7/c1-9(2)15(19)24-8-14(18)16-10-6-12-13(7-11(10)17(20)21)23-5-3-4-22-12/h6-7,9H,3-5,8H2,1-2H3,(H,16,18). The van der Waals surface area contributed by atoms with Gasteiger partial charge in [0.1, 0.15) is 5.69 Å². The van der Waals surface area contributed by atoms with Crippen LogP contribution in [0, 0.1) is 16.0 Å². The molecule has 1 aromatic carbocycles. The summed E-state index contributed by atoms with van der Waals surface area (Å²) in [5.41, 5.74) is -0.377. The lowest BCUT2D eigenvalue weighted by Gasteiger charge is -2.12. The van der Waals surface area contributed by atoms with Crippen LogP contribution in [-0.2, 0) is 14.3 Å². The maximum absolute atomic E-state index is 11.9. The number of amides is 1. The van der Waals surface area contributed by atoms with E-state index in [2.05, 4.69) is 5.32 Å². The molecule has 0 spiro atoms. The number of nitro benzene ring substituents is 1. The predicted octanol–water partition coefficient (Wildman–Crippen LogP) is 1.89. The van der Waals surface area contributed by atoms with Gasteiger partial charge in [0.25, 0.3) is 11.6 Å².